The summed E-state index contributed by atoms with van der Waals surface area (Å²) in [5.74, 6) is 0. The number of amides is 2. The number of rotatable bonds is 4. The number of carbonyl (C=O) groups is 1. The molecule has 0 aliphatic carbocycles. The van der Waals surface area contributed by atoms with Gasteiger partial charge in [0.15, 0.2) is 0 Å². The lowest BCUT2D eigenvalue weighted by Crippen LogP contribution is -2.43. The maximum absolute atomic E-state index is 13.1. The first-order chi connectivity index (χ1) is 14.0. The molecule has 2 aliphatic rings. The van der Waals surface area contributed by atoms with Gasteiger partial charge in [-0.1, -0.05) is 42.8 Å². The highest BCUT2D eigenvalue weighted by molar-refractivity contribution is 7.89. The van der Waals surface area contributed by atoms with Crippen molar-refractivity contribution in [3.63, 3.8) is 0 Å². The molecule has 0 bridgehead atoms. The van der Waals surface area contributed by atoms with Crippen molar-refractivity contribution >= 4 is 21.7 Å². The maximum Gasteiger partial charge on any atom is 0.322 e. The fourth-order valence-corrected chi connectivity index (χ4v) is 6.02. The second-order valence-electron chi connectivity index (χ2n) is 7.78. The molecule has 4 rings (SSSR count). The molecule has 1 fully saturated rings. The molecule has 6 nitrogen and oxygen atoms in total. The molecule has 2 heterocycles. The molecule has 0 spiro atoms. The van der Waals surface area contributed by atoms with Crippen molar-refractivity contribution in [3.05, 3.63) is 59.7 Å². The van der Waals surface area contributed by atoms with Gasteiger partial charge in [-0.2, -0.15) is 4.31 Å². The highest BCUT2D eigenvalue weighted by atomic mass is 32.2. The van der Waals surface area contributed by atoms with Crippen LogP contribution in [0.1, 0.15) is 37.3 Å². The van der Waals surface area contributed by atoms with Crippen LogP contribution in [0.25, 0.3) is 0 Å². The van der Waals surface area contributed by atoms with Gasteiger partial charge in [0.1, 0.15) is 0 Å². The van der Waals surface area contributed by atoms with E-state index in [1.54, 1.807) is 27.4 Å². The van der Waals surface area contributed by atoms with E-state index in [9.17, 15) is 13.2 Å². The smallest absolute Gasteiger partial charge is 0.322 e. The predicted octanol–water partition coefficient (Wildman–Crippen LogP) is 3.52. The third kappa shape index (κ3) is 3.89. The van der Waals surface area contributed by atoms with E-state index < -0.39 is 10.0 Å². The number of hydrogen-bond acceptors (Lipinski definition) is 3. The summed E-state index contributed by atoms with van der Waals surface area (Å²) in [6, 6.07) is 14.7. The van der Waals surface area contributed by atoms with Gasteiger partial charge in [-0.05, 0) is 49.4 Å². The Morgan fingerprint density at radius 2 is 1.72 bits per heavy atom. The lowest BCUT2D eigenvalue weighted by molar-refractivity contribution is 0.244. The van der Waals surface area contributed by atoms with Gasteiger partial charge in [-0.25, -0.2) is 13.2 Å². The predicted molar refractivity (Wildman–Crippen MR) is 113 cm³/mol. The first-order valence-corrected chi connectivity index (χ1v) is 11.7. The van der Waals surface area contributed by atoms with E-state index in [2.05, 4.69) is 5.32 Å². The van der Waals surface area contributed by atoms with Gasteiger partial charge in [-0.15, -0.1) is 0 Å². The number of para-hydroxylation sites is 1. The van der Waals surface area contributed by atoms with Crippen molar-refractivity contribution in [2.75, 3.05) is 18.0 Å². The Morgan fingerprint density at radius 1 is 1.03 bits per heavy atom. The van der Waals surface area contributed by atoms with Crippen molar-refractivity contribution in [1.29, 1.82) is 0 Å². The van der Waals surface area contributed by atoms with Crippen LogP contribution < -0.4 is 10.2 Å². The molecule has 2 amide bonds. The zero-order valence-electron chi connectivity index (χ0n) is 16.7. The van der Waals surface area contributed by atoms with Crippen molar-refractivity contribution in [2.24, 2.45) is 0 Å². The Hall–Kier alpha value is -2.38. The van der Waals surface area contributed by atoms with Crippen molar-refractivity contribution in [1.82, 2.24) is 9.62 Å². The van der Waals surface area contributed by atoms with E-state index in [1.165, 1.54) is 0 Å². The first-order valence-electron chi connectivity index (χ1n) is 10.2. The fourth-order valence-electron chi connectivity index (χ4n) is 4.28. The third-order valence-corrected chi connectivity index (χ3v) is 7.76. The van der Waals surface area contributed by atoms with Crippen molar-refractivity contribution < 1.29 is 13.2 Å². The summed E-state index contributed by atoms with van der Waals surface area (Å²) in [5.41, 5.74) is 2.70. The number of anilines is 1. The molecule has 1 unspecified atom stereocenters. The van der Waals surface area contributed by atoms with Crippen LogP contribution in [0.3, 0.4) is 0 Å². The minimum Gasteiger partial charge on any atom is -0.334 e. The first kappa shape index (κ1) is 19.9. The topological polar surface area (TPSA) is 69.7 Å². The highest BCUT2D eigenvalue weighted by Gasteiger charge is 2.31. The number of piperidine rings is 1. The average Bonchev–Trinajstić information content (AvgIpc) is 3.08. The third-order valence-electron chi connectivity index (χ3n) is 5.76. The number of carbonyl (C=O) groups excluding carboxylic acids is 1. The molecule has 2 aromatic carbocycles. The molecule has 29 heavy (non-hydrogen) atoms. The Balaban J connectivity index is 1.52. The molecular weight excluding hydrogens is 386 g/mol. The van der Waals surface area contributed by atoms with Gasteiger partial charge in [0.2, 0.25) is 10.0 Å². The van der Waals surface area contributed by atoms with Crippen LogP contribution in [0.15, 0.2) is 53.4 Å². The Bertz CT molecular complexity index is 1000. The number of benzene rings is 2. The van der Waals surface area contributed by atoms with Crippen molar-refractivity contribution in [2.45, 2.75) is 50.1 Å². The summed E-state index contributed by atoms with van der Waals surface area (Å²) in [6.45, 7) is 3.32. The van der Waals surface area contributed by atoms with E-state index in [0.29, 0.717) is 18.7 Å². The summed E-state index contributed by atoms with van der Waals surface area (Å²) in [5, 5.41) is 2.93. The molecule has 0 radical (unpaired) electrons. The number of urea groups is 1. The lowest BCUT2D eigenvalue weighted by atomic mass is 10.1. The number of fused-ring (bicyclic) bond motifs is 1. The molecule has 7 heteroatoms. The van der Waals surface area contributed by atoms with Crippen LogP contribution >= 0.6 is 0 Å². The highest BCUT2D eigenvalue weighted by Crippen LogP contribution is 2.32. The largest absolute Gasteiger partial charge is 0.334 e. The van der Waals surface area contributed by atoms with E-state index in [-0.39, 0.29) is 23.5 Å². The molecule has 1 saturated heterocycles. The monoisotopic (exact) mass is 413 g/mol. The number of sulfonamides is 1. The zero-order chi connectivity index (χ0) is 20.4. The zero-order valence-corrected chi connectivity index (χ0v) is 17.5. The quantitative estimate of drug-likeness (QED) is 0.834. The number of hydrogen-bond donors (Lipinski definition) is 1. The Labute approximate surface area is 172 Å². The van der Waals surface area contributed by atoms with Gasteiger partial charge < -0.3 is 5.32 Å². The van der Waals surface area contributed by atoms with Crippen molar-refractivity contribution in [3.8, 4) is 0 Å². The van der Waals surface area contributed by atoms with Crippen LogP contribution in [0.5, 0.6) is 0 Å². The molecule has 2 aromatic rings. The van der Waals surface area contributed by atoms with Gasteiger partial charge in [-0.3, -0.25) is 4.90 Å². The molecule has 2 aliphatic heterocycles. The van der Waals surface area contributed by atoms with Crippen LogP contribution in [0.4, 0.5) is 10.5 Å². The van der Waals surface area contributed by atoms with Gasteiger partial charge in [0.25, 0.3) is 0 Å². The Kier molecular flexibility index (Phi) is 5.61. The van der Waals surface area contributed by atoms with E-state index in [0.717, 1.165) is 36.9 Å². The standard InChI is InChI=1S/C22H27N3O3S/c1-17-15-18-9-3-5-11-20(18)25(17)22(26)23-16-19-10-4-6-12-21(19)29(27,28)24-13-7-2-8-14-24/h3-6,9-12,17H,2,7-8,13-16H2,1H3,(H,23,26). The minimum absolute atomic E-state index is 0.0692. The molecule has 0 saturated carbocycles. The van der Waals surface area contributed by atoms with Crippen LogP contribution in [0, 0.1) is 0 Å². The summed E-state index contributed by atoms with van der Waals surface area (Å²) >= 11 is 0. The SMILES string of the molecule is CC1Cc2ccccc2N1C(=O)NCc1ccccc1S(=O)(=O)N1CCCCC1. The second-order valence-corrected chi connectivity index (χ2v) is 9.69. The normalized spacial score (nSPS) is 19.8. The minimum atomic E-state index is -3.55. The molecular formula is C22H27N3O3S. The molecule has 1 N–H and O–H groups in total. The van der Waals surface area contributed by atoms with E-state index in [1.807, 2.05) is 37.3 Å². The van der Waals surface area contributed by atoms with Gasteiger partial charge in [0, 0.05) is 31.4 Å². The lowest BCUT2D eigenvalue weighted by Gasteiger charge is -2.27. The molecule has 154 valence electrons. The second kappa shape index (κ2) is 8.16. The van der Waals surface area contributed by atoms with Crippen LogP contribution in [-0.4, -0.2) is 37.9 Å². The maximum atomic E-state index is 13.1. The molecule has 1 atom stereocenters. The van der Waals surface area contributed by atoms with E-state index >= 15 is 0 Å². The average molecular weight is 414 g/mol. The van der Waals surface area contributed by atoms with Gasteiger partial charge >= 0.3 is 6.03 Å². The van der Waals surface area contributed by atoms with Crippen LogP contribution in [-0.2, 0) is 23.0 Å². The number of nitrogens with one attached hydrogen (secondary N) is 1. The van der Waals surface area contributed by atoms with Gasteiger partial charge in [0.05, 0.1) is 4.90 Å². The summed E-state index contributed by atoms with van der Waals surface area (Å²) in [7, 11) is -3.55. The van der Waals surface area contributed by atoms with E-state index in [4.69, 9.17) is 0 Å². The summed E-state index contributed by atoms with van der Waals surface area (Å²) in [6.07, 6.45) is 3.68. The summed E-state index contributed by atoms with van der Waals surface area (Å²) < 4.78 is 27.8. The molecule has 0 aromatic heterocycles. The fraction of sp³-hybridized carbons (Fsp3) is 0.409. The summed E-state index contributed by atoms with van der Waals surface area (Å²) in [4.78, 5) is 15.0. The Morgan fingerprint density at radius 3 is 2.52 bits per heavy atom. The number of nitrogens with zero attached hydrogens (tertiary/aromatic N) is 2. The van der Waals surface area contributed by atoms with Crippen LogP contribution in [0.2, 0.25) is 0 Å².